The maximum Gasteiger partial charge on any atom is 0.318 e. The Labute approximate surface area is 41.8 Å². The summed E-state index contributed by atoms with van der Waals surface area (Å²) >= 11 is 0. The van der Waals surface area contributed by atoms with Gasteiger partial charge in [-0.3, -0.25) is 4.79 Å². The Morgan fingerprint density at radius 2 is 2.43 bits per heavy atom. The minimum Gasteiger partial charge on any atom is -0.430 e. The number of hydrogen-bond donors (Lipinski definition) is 0. The molecule has 38 valence electrons. The molecule has 1 saturated heterocycles. The fourth-order valence-corrected chi connectivity index (χ4v) is 0.441. The number of ether oxygens (including phenoxy) is 1. The Balaban J connectivity index is 2.44. The van der Waals surface area contributed by atoms with Crippen molar-refractivity contribution < 1.29 is 9.53 Å². The van der Waals surface area contributed by atoms with Crippen LogP contribution in [0.1, 0.15) is 13.3 Å². The van der Waals surface area contributed by atoms with Gasteiger partial charge in [0.15, 0.2) is 0 Å². The second kappa shape index (κ2) is 1.37. The van der Waals surface area contributed by atoms with Gasteiger partial charge in [0.1, 0.15) is 12.2 Å². The summed E-state index contributed by atoms with van der Waals surface area (Å²) in [5.74, 6) is 0.679. The van der Waals surface area contributed by atoms with Crippen LogP contribution in [0.3, 0.4) is 0 Å². The molecule has 1 aliphatic rings. The third-order valence-corrected chi connectivity index (χ3v) is 0.885. The van der Waals surface area contributed by atoms with Crippen molar-refractivity contribution >= 4 is 5.97 Å². The Morgan fingerprint density at radius 1 is 1.86 bits per heavy atom. The summed E-state index contributed by atoms with van der Waals surface area (Å²) in [4.78, 5) is 10.0. The van der Waals surface area contributed by atoms with Crippen LogP contribution in [0.25, 0.3) is 0 Å². The summed E-state index contributed by atoms with van der Waals surface area (Å²) in [7, 11) is 0. The van der Waals surface area contributed by atoms with Crippen molar-refractivity contribution in [3.8, 4) is 0 Å². The van der Waals surface area contributed by atoms with Gasteiger partial charge in [-0.2, -0.15) is 0 Å². The Hall–Kier alpha value is -0.790. The number of cyclic esters (lactones) is 1. The molecular weight excluding hydrogens is 92.1 g/mol. The van der Waals surface area contributed by atoms with Gasteiger partial charge in [0.2, 0.25) is 0 Å². The van der Waals surface area contributed by atoms with E-state index < -0.39 is 0 Å². The molecule has 0 unspecified atom stereocenters. The lowest BCUT2D eigenvalue weighted by Gasteiger charge is -2.14. The van der Waals surface area contributed by atoms with Crippen molar-refractivity contribution in [2.24, 2.45) is 0 Å². The molecule has 1 heterocycles. The van der Waals surface area contributed by atoms with Crippen LogP contribution in [0.2, 0.25) is 0 Å². The molecule has 0 spiro atoms. The summed E-state index contributed by atoms with van der Waals surface area (Å²) in [6.45, 7) is 1.85. The van der Waals surface area contributed by atoms with Crippen molar-refractivity contribution in [3.05, 3.63) is 11.8 Å². The smallest absolute Gasteiger partial charge is 0.318 e. The van der Waals surface area contributed by atoms with Crippen molar-refractivity contribution in [3.63, 3.8) is 0 Å². The molecule has 1 aliphatic heterocycles. The maximum atomic E-state index is 10.0. The molecule has 0 bridgehead atoms. The van der Waals surface area contributed by atoms with Crippen LogP contribution in [0.4, 0.5) is 0 Å². The van der Waals surface area contributed by atoms with Crippen LogP contribution in [0.5, 0.6) is 0 Å². The average Bonchev–Trinajstić information content (AvgIpc) is 1.58. The lowest BCUT2D eigenvalue weighted by molar-refractivity contribution is -0.148. The first-order chi connectivity index (χ1) is 3.33. The van der Waals surface area contributed by atoms with Gasteiger partial charge in [-0.15, -0.1) is 0 Å². The first kappa shape index (κ1) is 4.37. The summed E-state index contributed by atoms with van der Waals surface area (Å²) in [6, 6.07) is 0. The zero-order valence-corrected chi connectivity index (χ0v) is 4.10. The van der Waals surface area contributed by atoms with Crippen LogP contribution in [0, 0.1) is 0 Å². The first-order valence-electron chi connectivity index (χ1n) is 2.19. The largest absolute Gasteiger partial charge is 0.430 e. The minimum atomic E-state index is -0.117. The van der Waals surface area contributed by atoms with Crippen LogP contribution in [-0.2, 0) is 9.53 Å². The molecule has 2 heteroatoms. The van der Waals surface area contributed by atoms with Crippen molar-refractivity contribution in [2.45, 2.75) is 13.3 Å². The Bertz CT molecular complexity index is 114. The number of carbonyl (C=O) groups excluding carboxylic acids is 1. The Kier molecular flexibility index (Phi) is 0.855. The van der Waals surface area contributed by atoms with Crippen LogP contribution in [0.15, 0.2) is 11.8 Å². The van der Waals surface area contributed by atoms with Crippen LogP contribution >= 0.6 is 0 Å². The van der Waals surface area contributed by atoms with Gasteiger partial charge in [-0.1, -0.05) is 0 Å². The number of rotatable bonds is 0. The maximum absolute atomic E-state index is 10.0. The van der Waals surface area contributed by atoms with E-state index in [1.165, 1.54) is 0 Å². The highest BCUT2D eigenvalue weighted by atomic mass is 16.6. The number of allylic oxidation sites excluding steroid dienone is 1. The molecule has 0 aliphatic carbocycles. The molecule has 7 heavy (non-hydrogen) atoms. The second-order valence-electron chi connectivity index (χ2n) is 1.41. The van der Waals surface area contributed by atoms with Crippen molar-refractivity contribution in [2.75, 3.05) is 0 Å². The van der Waals surface area contributed by atoms with Crippen LogP contribution in [-0.4, -0.2) is 5.97 Å². The minimum absolute atomic E-state index is 0.117. The third kappa shape index (κ3) is 0.633. The van der Waals surface area contributed by atoms with Gasteiger partial charge >= 0.3 is 5.97 Å². The molecule has 0 amide bonds. The number of carbonyl (C=O) groups is 1. The predicted molar refractivity (Wildman–Crippen MR) is 24.5 cm³/mol. The summed E-state index contributed by atoms with van der Waals surface area (Å²) in [5, 5.41) is 0. The predicted octanol–water partition coefficient (Wildman–Crippen LogP) is 0.837. The molecule has 0 saturated carbocycles. The van der Waals surface area contributed by atoms with Gasteiger partial charge in [-0.25, -0.2) is 0 Å². The standard InChI is InChI=1S/C5H6O2/c1-2-4-3-5(6)7-4/h2H,3H2,1H3. The summed E-state index contributed by atoms with van der Waals surface area (Å²) < 4.78 is 4.51. The molecule has 1 rings (SSSR count). The van der Waals surface area contributed by atoms with E-state index in [0.29, 0.717) is 6.42 Å². The quantitative estimate of drug-likeness (QED) is 0.419. The molecule has 0 aromatic carbocycles. The lowest BCUT2D eigenvalue weighted by atomic mass is 10.3. The van der Waals surface area contributed by atoms with Crippen LogP contribution < -0.4 is 0 Å². The van der Waals surface area contributed by atoms with E-state index in [9.17, 15) is 4.79 Å². The highest BCUT2D eigenvalue weighted by Crippen LogP contribution is 2.15. The van der Waals surface area contributed by atoms with E-state index in [2.05, 4.69) is 4.74 Å². The third-order valence-electron chi connectivity index (χ3n) is 0.885. The normalized spacial score (nSPS) is 24.1. The van der Waals surface area contributed by atoms with Gasteiger partial charge in [-0.05, 0) is 13.0 Å². The zero-order chi connectivity index (χ0) is 5.28. The number of esters is 1. The first-order valence-corrected chi connectivity index (χ1v) is 2.19. The molecule has 1 fully saturated rings. The highest BCUT2D eigenvalue weighted by molar-refractivity contribution is 5.79. The fraction of sp³-hybridized carbons (Fsp3) is 0.400. The van der Waals surface area contributed by atoms with Gasteiger partial charge in [0.25, 0.3) is 0 Å². The van der Waals surface area contributed by atoms with Gasteiger partial charge in [0, 0.05) is 0 Å². The monoisotopic (exact) mass is 98.0 g/mol. The second-order valence-corrected chi connectivity index (χ2v) is 1.41. The lowest BCUT2D eigenvalue weighted by Crippen LogP contribution is -2.16. The van der Waals surface area contributed by atoms with E-state index in [-0.39, 0.29) is 5.97 Å². The van der Waals surface area contributed by atoms with E-state index >= 15 is 0 Å². The fourth-order valence-electron chi connectivity index (χ4n) is 0.441. The average molecular weight is 98.1 g/mol. The zero-order valence-electron chi connectivity index (χ0n) is 4.10. The Morgan fingerprint density at radius 3 is 2.57 bits per heavy atom. The summed E-state index contributed by atoms with van der Waals surface area (Å²) in [5.41, 5.74) is 0. The number of hydrogen-bond acceptors (Lipinski definition) is 2. The summed E-state index contributed by atoms with van der Waals surface area (Å²) in [6.07, 6.45) is 2.29. The molecule has 0 N–H and O–H groups in total. The molecule has 0 radical (unpaired) electrons. The van der Waals surface area contributed by atoms with E-state index in [1.54, 1.807) is 6.08 Å². The van der Waals surface area contributed by atoms with Gasteiger partial charge in [0.05, 0.1) is 0 Å². The molecule has 2 nitrogen and oxygen atoms in total. The molecular formula is C5H6O2. The van der Waals surface area contributed by atoms with E-state index in [0.717, 1.165) is 5.76 Å². The van der Waals surface area contributed by atoms with Crippen molar-refractivity contribution in [1.82, 2.24) is 0 Å². The van der Waals surface area contributed by atoms with Crippen molar-refractivity contribution in [1.29, 1.82) is 0 Å². The van der Waals surface area contributed by atoms with E-state index in [4.69, 9.17) is 0 Å². The highest BCUT2D eigenvalue weighted by Gasteiger charge is 2.19. The molecule has 0 aromatic rings. The van der Waals surface area contributed by atoms with E-state index in [1.807, 2.05) is 6.92 Å². The molecule has 0 atom stereocenters. The molecule has 0 aromatic heterocycles. The van der Waals surface area contributed by atoms with Gasteiger partial charge < -0.3 is 4.74 Å². The SMILES string of the molecule is CC=C1CC(=O)O1. The topological polar surface area (TPSA) is 26.3 Å².